The van der Waals surface area contributed by atoms with Crippen molar-refractivity contribution in [2.75, 3.05) is 0 Å². The van der Waals surface area contributed by atoms with Gasteiger partial charge in [0.15, 0.2) is 0 Å². The minimum Gasteiger partial charge on any atom is -0.207 e. The van der Waals surface area contributed by atoms with E-state index >= 15 is 4.39 Å². The Bertz CT molecular complexity index is 762. The highest BCUT2D eigenvalue weighted by Gasteiger charge is 2.36. The van der Waals surface area contributed by atoms with Crippen molar-refractivity contribution in [3.05, 3.63) is 46.8 Å². The molecule has 1 aromatic carbocycles. The Morgan fingerprint density at radius 2 is 1.67 bits per heavy atom. The van der Waals surface area contributed by atoms with Crippen LogP contribution in [0.5, 0.6) is 0 Å². The first kappa shape index (κ1) is 25.0. The van der Waals surface area contributed by atoms with E-state index in [1.165, 1.54) is 114 Å². The minimum absolute atomic E-state index is 0.112. The van der Waals surface area contributed by atoms with Crippen LogP contribution in [0, 0.1) is 29.5 Å². The summed E-state index contributed by atoms with van der Waals surface area (Å²) in [5.74, 6) is 4.04. The zero-order chi connectivity index (χ0) is 23.0. The molecule has 2 saturated carbocycles. The van der Waals surface area contributed by atoms with Crippen molar-refractivity contribution in [3.8, 4) is 0 Å². The van der Waals surface area contributed by atoms with E-state index in [1.807, 2.05) is 6.07 Å². The Labute approximate surface area is 203 Å². The maximum absolute atomic E-state index is 15.3. The summed E-state index contributed by atoms with van der Waals surface area (Å²) >= 11 is 0. The van der Waals surface area contributed by atoms with Gasteiger partial charge in [-0.25, -0.2) is 4.39 Å². The zero-order valence-electron chi connectivity index (χ0n) is 21.6. The summed E-state index contributed by atoms with van der Waals surface area (Å²) in [6.07, 6.45) is 26.9. The fraction of sp³-hybridized carbons (Fsp3) is 0.750. The van der Waals surface area contributed by atoms with Gasteiger partial charge in [0.2, 0.25) is 0 Å². The van der Waals surface area contributed by atoms with Gasteiger partial charge < -0.3 is 0 Å². The highest BCUT2D eigenvalue weighted by Crippen LogP contribution is 2.49. The van der Waals surface area contributed by atoms with Crippen LogP contribution in [0.3, 0.4) is 0 Å². The van der Waals surface area contributed by atoms with Crippen molar-refractivity contribution in [1.29, 1.82) is 0 Å². The Balaban J connectivity index is 1.30. The van der Waals surface area contributed by atoms with Crippen molar-refractivity contribution < 1.29 is 4.39 Å². The van der Waals surface area contributed by atoms with Crippen molar-refractivity contribution in [3.63, 3.8) is 0 Å². The van der Waals surface area contributed by atoms with Gasteiger partial charge in [-0.05, 0) is 123 Å². The summed E-state index contributed by atoms with van der Waals surface area (Å²) < 4.78 is 15.3. The zero-order valence-corrected chi connectivity index (χ0v) is 21.6. The van der Waals surface area contributed by atoms with E-state index in [1.54, 1.807) is 0 Å². The standard InChI is InChI=1S/C32H49F/c1-3-5-7-8-10-12-25-14-16-28-22-31(32(33)23-30(28)20-25)29-18-17-26-19-24(11-9-6-4-2)13-15-27(26)21-29/h4,6,22-27,29H,3,5,7-21H2,1-2H3/b6-4+. The van der Waals surface area contributed by atoms with E-state index < -0.39 is 0 Å². The molecule has 184 valence electrons. The highest BCUT2D eigenvalue weighted by molar-refractivity contribution is 5.37. The molecule has 5 atom stereocenters. The van der Waals surface area contributed by atoms with Crippen LogP contribution in [-0.4, -0.2) is 0 Å². The van der Waals surface area contributed by atoms with Crippen molar-refractivity contribution in [2.24, 2.45) is 23.7 Å². The van der Waals surface area contributed by atoms with Crippen LogP contribution in [0.25, 0.3) is 0 Å². The van der Waals surface area contributed by atoms with Crippen LogP contribution >= 0.6 is 0 Å². The van der Waals surface area contributed by atoms with Gasteiger partial charge in [0, 0.05) is 0 Å². The summed E-state index contributed by atoms with van der Waals surface area (Å²) in [5.41, 5.74) is 3.88. The lowest BCUT2D eigenvalue weighted by atomic mass is 9.63. The maximum Gasteiger partial charge on any atom is 0.126 e. The van der Waals surface area contributed by atoms with Gasteiger partial charge in [-0.2, -0.15) is 0 Å². The third-order valence-electron chi connectivity index (χ3n) is 9.50. The lowest BCUT2D eigenvalue weighted by molar-refractivity contribution is 0.114. The number of hydrogen-bond acceptors (Lipinski definition) is 0. The molecule has 0 aromatic heterocycles. The van der Waals surface area contributed by atoms with Gasteiger partial charge in [-0.1, -0.05) is 70.1 Å². The Morgan fingerprint density at radius 3 is 2.52 bits per heavy atom. The second-order valence-corrected chi connectivity index (χ2v) is 11.8. The number of rotatable bonds is 10. The molecule has 0 amide bonds. The second-order valence-electron chi connectivity index (χ2n) is 11.8. The number of unbranched alkanes of at least 4 members (excludes halogenated alkanes) is 4. The first-order chi connectivity index (χ1) is 16.2. The summed E-state index contributed by atoms with van der Waals surface area (Å²) in [7, 11) is 0. The molecule has 4 rings (SSSR count). The number of benzene rings is 1. The SMILES string of the molecule is C/C=C/CCC1CCC2CC(c3cc4c(cc3F)CC(CCCCCCC)CC4)CCC2C1. The Hall–Kier alpha value is -1.11. The molecule has 1 aromatic rings. The predicted octanol–water partition coefficient (Wildman–Crippen LogP) is 9.95. The molecule has 2 fully saturated rings. The topological polar surface area (TPSA) is 0 Å². The normalized spacial score (nSPS) is 29.7. The second kappa shape index (κ2) is 12.6. The van der Waals surface area contributed by atoms with Crippen molar-refractivity contribution in [1.82, 2.24) is 0 Å². The van der Waals surface area contributed by atoms with E-state index in [0.29, 0.717) is 5.92 Å². The van der Waals surface area contributed by atoms with Crippen LogP contribution < -0.4 is 0 Å². The van der Waals surface area contributed by atoms with Crippen LogP contribution in [0.2, 0.25) is 0 Å². The largest absolute Gasteiger partial charge is 0.207 e. The molecule has 0 aliphatic heterocycles. The third-order valence-corrected chi connectivity index (χ3v) is 9.50. The molecule has 0 spiro atoms. The molecule has 0 nitrogen and oxygen atoms in total. The monoisotopic (exact) mass is 452 g/mol. The highest BCUT2D eigenvalue weighted by atomic mass is 19.1. The first-order valence-corrected chi connectivity index (χ1v) is 14.6. The minimum atomic E-state index is 0.112. The van der Waals surface area contributed by atoms with E-state index in [9.17, 15) is 0 Å². The third kappa shape index (κ3) is 6.73. The number of hydrogen-bond donors (Lipinski definition) is 0. The lowest BCUT2D eigenvalue weighted by Gasteiger charge is -2.42. The number of fused-ring (bicyclic) bond motifs is 2. The van der Waals surface area contributed by atoms with Crippen LogP contribution in [0.1, 0.15) is 133 Å². The summed E-state index contributed by atoms with van der Waals surface area (Å²) in [5, 5.41) is 0. The fourth-order valence-electron chi connectivity index (χ4n) is 7.50. The molecule has 0 radical (unpaired) electrons. The predicted molar refractivity (Wildman–Crippen MR) is 140 cm³/mol. The number of allylic oxidation sites excluding steroid dienone is 2. The maximum atomic E-state index is 15.3. The van der Waals surface area contributed by atoms with Crippen molar-refractivity contribution in [2.45, 2.75) is 129 Å². The van der Waals surface area contributed by atoms with Gasteiger partial charge >= 0.3 is 0 Å². The van der Waals surface area contributed by atoms with E-state index in [4.69, 9.17) is 0 Å². The first-order valence-electron chi connectivity index (χ1n) is 14.6. The van der Waals surface area contributed by atoms with Gasteiger partial charge in [0.05, 0.1) is 0 Å². The molecular formula is C32H49F. The molecule has 5 unspecified atom stereocenters. The quantitative estimate of drug-likeness (QED) is 0.245. The van der Waals surface area contributed by atoms with Crippen LogP contribution in [0.4, 0.5) is 4.39 Å². The van der Waals surface area contributed by atoms with E-state index in [0.717, 1.165) is 35.7 Å². The molecule has 3 aliphatic rings. The molecule has 0 N–H and O–H groups in total. The molecule has 0 saturated heterocycles. The average Bonchev–Trinajstić information content (AvgIpc) is 2.83. The molecule has 3 aliphatic carbocycles. The fourth-order valence-corrected chi connectivity index (χ4v) is 7.50. The van der Waals surface area contributed by atoms with Crippen molar-refractivity contribution >= 4 is 0 Å². The molecule has 1 heteroatoms. The van der Waals surface area contributed by atoms with Gasteiger partial charge in [0.1, 0.15) is 5.82 Å². The van der Waals surface area contributed by atoms with Gasteiger partial charge in [-0.3, -0.25) is 0 Å². The van der Waals surface area contributed by atoms with E-state index in [-0.39, 0.29) is 5.82 Å². The Morgan fingerprint density at radius 1 is 0.848 bits per heavy atom. The Kier molecular flexibility index (Phi) is 9.51. The number of halogens is 1. The average molecular weight is 453 g/mol. The molecular weight excluding hydrogens is 403 g/mol. The van der Waals surface area contributed by atoms with Crippen LogP contribution in [-0.2, 0) is 12.8 Å². The summed E-state index contributed by atoms with van der Waals surface area (Å²) in [6.45, 7) is 4.41. The summed E-state index contributed by atoms with van der Waals surface area (Å²) in [6, 6.07) is 4.27. The van der Waals surface area contributed by atoms with Crippen LogP contribution in [0.15, 0.2) is 24.3 Å². The van der Waals surface area contributed by atoms with E-state index in [2.05, 4.69) is 32.1 Å². The van der Waals surface area contributed by atoms with Gasteiger partial charge in [-0.15, -0.1) is 0 Å². The molecule has 0 bridgehead atoms. The van der Waals surface area contributed by atoms with Gasteiger partial charge in [0.25, 0.3) is 0 Å². The molecule has 33 heavy (non-hydrogen) atoms. The number of aryl methyl sites for hydroxylation is 1. The lowest BCUT2D eigenvalue weighted by Crippen LogP contribution is -2.30. The smallest absolute Gasteiger partial charge is 0.126 e. The summed E-state index contributed by atoms with van der Waals surface area (Å²) in [4.78, 5) is 0. The molecule has 0 heterocycles.